The maximum absolute atomic E-state index is 11.9. The fraction of sp³-hybridized carbons (Fsp3) is 0.278. The van der Waals surface area contributed by atoms with Gasteiger partial charge < -0.3 is 15.8 Å². The molecule has 136 valence electrons. The summed E-state index contributed by atoms with van der Waals surface area (Å²) in [5.74, 6) is 0.769. The predicted molar refractivity (Wildman–Crippen MR) is 111 cm³/mol. The van der Waals surface area contributed by atoms with Gasteiger partial charge in [-0.25, -0.2) is 8.93 Å². The minimum Gasteiger partial charge on any atom is -0.494 e. The quantitative estimate of drug-likeness (QED) is 0.295. The molecule has 0 aliphatic heterocycles. The summed E-state index contributed by atoms with van der Waals surface area (Å²) in [6.45, 7) is 8.51. The Morgan fingerprint density at radius 1 is 1.32 bits per heavy atom. The van der Waals surface area contributed by atoms with Crippen LogP contribution in [0.25, 0.3) is 0 Å². The summed E-state index contributed by atoms with van der Waals surface area (Å²) >= 11 is 4.81. The lowest BCUT2D eigenvalue weighted by Crippen LogP contribution is -2.19. The van der Waals surface area contributed by atoms with Gasteiger partial charge in [0.15, 0.2) is 5.11 Å². The van der Waals surface area contributed by atoms with Crippen LogP contribution in [0.15, 0.2) is 60.6 Å². The molecule has 4 N–H and O–H groups in total. The molecule has 25 heavy (non-hydrogen) atoms. The largest absolute Gasteiger partial charge is 0.494 e. The van der Waals surface area contributed by atoms with Crippen molar-refractivity contribution < 1.29 is 8.95 Å². The van der Waals surface area contributed by atoms with Gasteiger partial charge in [0, 0.05) is 18.3 Å². The first-order chi connectivity index (χ1) is 12.1. The molecule has 5 nitrogen and oxygen atoms in total. The number of hydrogen-bond acceptors (Lipinski definition) is 3. The molecular formula is C18H25N3O2S2. The number of unbranched alkanes of at least 4 members (excludes halogenated alkanes) is 2. The minimum atomic E-state index is -1.24. The Labute approximate surface area is 157 Å². The van der Waals surface area contributed by atoms with E-state index in [0.717, 1.165) is 30.7 Å². The molecule has 0 amide bonds. The van der Waals surface area contributed by atoms with Gasteiger partial charge in [-0.2, -0.15) is 0 Å². The zero-order valence-corrected chi connectivity index (χ0v) is 15.8. The smallest absolute Gasteiger partial charge is 0.168 e. The number of nitrogens with one attached hydrogen (secondary N) is 2. The maximum atomic E-state index is 11.9. The highest BCUT2D eigenvalue weighted by Crippen LogP contribution is 2.17. The Balaban J connectivity index is 2.19. The van der Waals surface area contributed by atoms with Crippen LogP contribution in [0.1, 0.15) is 19.3 Å². The van der Waals surface area contributed by atoms with E-state index >= 15 is 0 Å². The molecule has 0 bridgehead atoms. The number of allylic oxidation sites excluding steroid dienone is 3. The van der Waals surface area contributed by atoms with Crippen LogP contribution in [0.5, 0.6) is 5.75 Å². The monoisotopic (exact) mass is 379 g/mol. The second-order valence-corrected chi connectivity index (χ2v) is 6.84. The lowest BCUT2D eigenvalue weighted by Gasteiger charge is -2.09. The number of hydrogen-bond donors (Lipinski definition) is 3. The molecule has 0 aromatic heterocycles. The molecule has 1 unspecified atom stereocenters. The van der Waals surface area contributed by atoms with E-state index in [1.807, 2.05) is 24.3 Å². The topological polar surface area (TPSA) is 76.4 Å². The van der Waals surface area contributed by atoms with Crippen LogP contribution in [0.3, 0.4) is 0 Å². The van der Waals surface area contributed by atoms with Crippen molar-refractivity contribution in [3.05, 3.63) is 60.6 Å². The lowest BCUT2D eigenvalue weighted by molar-refractivity contribution is 0.305. The van der Waals surface area contributed by atoms with Gasteiger partial charge in [0.05, 0.1) is 11.5 Å². The molecule has 0 heterocycles. The normalized spacial score (nSPS) is 12.2. The van der Waals surface area contributed by atoms with Gasteiger partial charge in [-0.15, -0.1) is 0 Å². The summed E-state index contributed by atoms with van der Waals surface area (Å²) in [5.41, 5.74) is 6.25. The fourth-order valence-electron chi connectivity index (χ4n) is 1.97. The highest BCUT2D eigenvalue weighted by atomic mass is 32.2. The predicted octanol–water partition coefficient (Wildman–Crippen LogP) is 3.40. The highest BCUT2D eigenvalue weighted by Gasteiger charge is 2.02. The standard InChI is InChI=1S/C18H25N3O2S2/c1-3-9-17(4-2)25(22)20-12-6-5-7-13-23-16-11-8-10-15(14-16)21-18(19)24/h3-4,8-11,14,20H,1-2,5-7,12-13H2,(H3,19,21,24)/b17-9+. The third kappa shape index (κ3) is 9.19. The summed E-state index contributed by atoms with van der Waals surface area (Å²) in [7, 11) is -1.24. The molecule has 0 fully saturated rings. The van der Waals surface area contributed by atoms with Crippen LogP contribution in [0, 0.1) is 0 Å². The van der Waals surface area contributed by atoms with Crippen LogP contribution in [-0.2, 0) is 11.0 Å². The van der Waals surface area contributed by atoms with Crippen LogP contribution in [0.4, 0.5) is 5.69 Å². The summed E-state index contributed by atoms with van der Waals surface area (Å²) < 4.78 is 20.6. The Bertz CT molecular complexity index is 645. The first kappa shape index (κ1) is 21.1. The van der Waals surface area contributed by atoms with Gasteiger partial charge >= 0.3 is 0 Å². The van der Waals surface area contributed by atoms with Gasteiger partial charge in [-0.1, -0.05) is 31.4 Å². The van der Waals surface area contributed by atoms with Crippen molar-refractivity contribution in [2.75, 3.05) is 18.5 Å². The molecule has 1 atom stereocenters. The molecule has 0 aliphatic rings. The molecule has 0 saturated carbocycles. The molecule has 1 aromatic rings. The molecule has 0 spiro atoms. The SMILES string of the molecule is C=C/C=C(\C=C)S(=O)NCCCCCOc1cccc(NC(N)=S)c1. The average molecular weight is 380 g/mol. The summed E-state index contributed by atoms with van der Waals surface area (Å²) in [6.07, 6.45) is 7.65. The van der Waals surface area contributed by atoms with E-state index in [9.17, 15) is 4.21 Å². The van der Waals surface area contributed by atoms with Crippen LogP contribution in [-0.4, -0.2) is 22.5 Å². The number of ether oxygens (including phenoxy) is 1. The van der Waals surface area contributed by atoms with E-state index in [4.69, 9.17) is 22.7 Å². The number of thiocarbonyl (C=S) groups is 1. The van der Waals surface area contributed by atoms with Crippen molar-refractivity contribution >= 4 is 34.0 Å². The van der Waals surface area contributed by atoms with Crippen LogP contribution < -0.4 is 20.5 Å². The Morgan fingerprint density at radius 2 is 2.12 bits per heavy atom. The van der Waals surface area contributed by atoms with Crippen molar-refractivity contribution in [2.24, 2.45) is 5.73 Å². The molecule has 7 heteroatoms. The van der Waals surface area contributed by atoms with E-state index in [2.05, 4.69) is 23.2 Å². The van der Waals surface area contributed by atoms with Crippen LogP contribution in [0.2, 0.25) is 0 Å². The second kappa shape index (κ2) is 12.4. The van der Waals surface area contributed by atoms with Crippen molar-refractivity contribution in [1.29, 1.82) is 0 Å². The Morgan fingerprint density at radius 3 is 2.80 bits per heavy atom. The molecule has 1 rings (SSSR count). The number of nitrogens with two attached hydrogens (primary N) is 1. The van der Waals surface area contributed by atoms with Gasteiger partial charge in [-0.05, 0) is 49.7 Å². The van der Waals surface area contributed by atoms with Gasteiger partial charge in [0.25, 0.3) is 0 Å². The minimum absolute atomic E-state index is 0.226. The van der Waals surface area contributed by atoms with Crippen molar-refractivity contribution in [3.63, 3.8) is 0 Å². The first-order valence-corrected chi connectivity index (χ1v) is 9.52. The Kier molecular flexibility index (Phi) is 10.5. The third-order valence-electron chi connectivity index (χ3n) is 3.12. The molecule has 0 saturated heterocycles. The van der Waals surface area contributed by atoms with Gasteiger partial charge in [0.1, 0.15) is 16.7 Å². The van der Waals surface area contributed by atoms with Crippen molar-refractivity contribution in [1.82, 2.24) is 4.72 Å². The van der Waals surface area contributed by atoms with Crippen LogP contribution >= 0.6 is 12.2 Å². The number of rotatable bonds is 12. The molecule has 0 radical (unpaired) electrons. The number of benzene rings is 1. The van der Waals surface area contributed by atoms with E-state index in [1.54, 1.807) is 18.2 Å². The second-order valence-electron chi connectivity index (χ2n) is 5.10. The van der Waals surface area contributed by atoms with E-state index < -0.39 is 11.0 Å². The zero-order valence-electron chi connectivity index (χ0n) is 14.2. The van der Waals surface area contributed by atoms with Crippen molar-refractivity contribution in [3.8, 4) is 5.75 Å². The van der Waals surface area contributed by atoms with Crippen molar-refractivity contribution in [2.45, 2.75) is 19.3 Å². The average Bonchev–Trinajstić information content (AvgIpc) is 2.58. The molecule has 0 aliphatic carbocycles. The van der Waals surface area contributed by atoms with E-state index in [-0.39, 0.29) is 5.11 Å². The lowest BCUT2D eigenvalue weighted by atomic mass is 10.2. The maximum Gasteiger partial charge on any atom is 0.168 e. The molecular weight excluding hydrogens is 354 g/mol. The zero-order chi connectivity index (χ0) is 18.5. The summed E-state index contributed by atoms with van der Waals surface area (Å²) in [5, 5.41) is 3.10. The van der Waals surface area contributed by atoms with Gasteiger partial charge in [0.2, 0.25) is 0 Å². The highest BCUT2D eigenvalue weighted by molar-refractivity contribution is 7.87. The van der Waals surface area contributed by atoms with E-state index in [0.29, 0.717) is 18.1 Å². The third-order valence-corrected chi connectivity index (χ3v) is 4.42. The number of anilines is 1. The van der Waals surface area contributed by atoms with E-state index in [1.165, 1.54) is 0 Å². The molecule has 1 aromatic carbocycles. The first-order valence-electron chi connectivity index (χ1n) is 7.96. The Hall–Kier alpha value is -1.96. The van der Waals surface area contributed by atoms with Gasteiger partial charge in [-0.3, -0.25) is 0 Å². The summed E-state index contributed by atoms with van der Waals surface area (Å²) in [4.78, 5) is 0.629. The fourth-order valence-corrected chi connectivity index (χ4v) is 2.96. The summed E-state index contributed by atoms with van der Waals surface area (Å²) in [6, 6.07) is 7.49.